The van der Waals surface area contributed by atoms with Gasteiger partial charge in [-0.15, -0.1) is 0 Å². The van der Waals surface area contributed by atoms with Crippen LogP contribution in [0.4, 0.5) is 0 Å². The van der Waals surface area contributed by atoms with E-state index in [9.17, 15) is 4.79 Å². The second kappa shape index (κ2) is 5.26. The van der Waals surface area contributed by atoms with E-state index < -0.39 is 0 Å². The van der Waals surface area contributed by atoms with Crippen LogP contribution in [0.15, 0.2) is 46.3 Å². The molecule has 0 saturated heterocycles. The molecule has 0 fully saturated rings. The minimum absolute atomic E-state index is 0.262. The normalized spacial score (nSPS) is 16.6. The molecule has 0 bridgehead atoms. The molecule has 1 aromatic heterocycles. The Balaban J connectivity index is 2.04. The Kier molecular flexibility index (Phi) is 3.43. The van der Waals surface area contributed by atoms with Crippen LogP contribution < -0.4 is 5.73 Å². The first-order valence-corrected chi connectivity index (χ1v) is 7.40. The van der Waals surface area contributed by atoms with Crippen LogP contribution in [0.25, 0.3) is 11.8 Å². The number of carbonyl (C=O) groups is 1. The van der Waals surface area contributed by atoms with Crippen molar-refractivity contribution in [2.45, 2.75) is 13.8 Å². The number of amides is 1. The highest BCUT2D eigenvalue weighted by Crippen LogP contribution is 2.29. The van der Waals surface area contributed by atoms with E-state index >= 15 is 0 Å². The zero-order valence-corrected chi connectivity index (χ0v) is 12.6. The fraction of sp³-hybridized carbons (Fsp3) is 0.125. The van der Waals surface area contributed by atoms with Crippen LogP contribution in [0.1, 0.15) is 17.0 Å². The minimum Gasteiger partial charge on any atom is -0.378 e. The number of aryl methyl sites for hydroxylation is 1. The molecule has 0 unspecified atom stereocenters. The molecule has 1 aliphatic rings. The van der Waals surface area contributed by atoms with Crippen molar-refractivity contribution in [2.24, 2.45) is 10.7 Å². The van der Waals surface area contributed by atoms with Crippen molar-refractivity contribution in [1.82, 2.24) is 4.57 Å². The number of amidine groups is 1. The van der Waals surface area contributed by atoms with E-state index in [1.807, 2.05) is 31.2 Å². The molecule has 1 amide bonds. The number of nitrogens with zero attached hydrogens (tertiary/aromatic N) is 2. The van der Waals surface area contributed by atoms with Gasteiger partial charge in [-0.05, 0) is 55.4 Å². The Labute approximate surface area is 127 Å². The number of para-hydroxylation sites is 1. The van der Waals surface area contributed by atoms with Crippen molar-refractivity contribution in [1.29, 1.82) is 0 Å². The summed E-state index contributed by atoms with van der Waals surface area (Å²) in [6.45, 7) is 4.09. The molecule has 2 aromatic rings. The lowest BCUT2D eigenvalue weighted by atomic mass is 10.2. The molecule has 2 heterocycles. The maximum Gasteiger partial charge on any atom is 0.286 e. The third kappa shape index (κ3) is 2.52. The van der Waals surface area contributed by atoms with Crippen molar-refractivity contribution in [2.75, 3.05) is 0 Å². The maximum atomic E-state index is 11.7. The standard InChI is InChI=1S/C16H15N3OS/c1-10-8-12(9-14-15(20)18-16(17)21-14)11(2)19(10)13-6-4-3-5-7-13/h3-9H,1-2H3,(H2,17,18,20)/b14-9+. The van der Waals surface area contributed by atoms with Crippen molar-refractivity contribution in [3.63, 3.8) is 0 Å². The highest BCUT2D eigenvalue weighted by atomic mass is 32.2. The predicted molar refractivity (Wildman–Crippen MR) is 87.4 cm³/mol. The van der Waals surface area contributed by atoms with Crippen LogP contribution in [0.3, 0.4) is 0 Å². The van der Waals surface area contributed by atoms with E-state index in [0.29, 0.717) is 10.1 Å². The van der Waals surface area contributed by atoms with Gasteiger partial charge in [0.15, 0.2) is 5.17 Å². The highest BCUT2D eigenvalue weighted by molar-refractivity contribution is 8.18. The van der Waals surface area contributed by atoms with Crippen LogP contribution in [-0.4, -0.2) is 15.6 Å². The number of hydrogen-bond donors (Lipinski definition) is 1. The zero-order valence-electron chi connectivity index (χ0n) is 11.8. The van der Waals surface area contributed by atoms with Gasteiger partial charge in [0.25, 0.3) is 5.91 Å². The number of hydrogen-bond acceptors (Lipinski definition) is 3. The summed E-state index contributed by atoms with van der Waals surface area (Å²) in [6.07, 6.45) is 1.86. The Morgan fingerprint density at radius 3 is 2.57 bits per heavy atom. The molecule has 4 nitrogen and oxygen atoms in total. The molecule has 1 aliphatic heterocycles. The fourth-order valence-corrected chi connectivity index (χ4v) is 3.15. The summed E-state index contributed by atoms with van der Waals surface area (Å²) in [5, 5.41) is 0.308. The van der Waals surface area contributed by atoms with E-state index in [4.69, 9.17) is 5.73 Å². The summed E-state index contributed by atoms with van der Waals surface area (Å²) in [4.78, 5) is 16.0. The summed E-state index contributed by atoms with van der Waals surface area (Å²) >= 11 is 1.22. The SMILES string of the molecule is Cc1cc(/C=C2/SC(N)=NC2=O)c(C)n1-c1ccccc1. The molecule has 3 rings (SSSR count). The van der Waals surface area contributed by atoms with Gasteiger partial charge in [-0.25, -0.2) is 0 Å². The van der Waals surface area contributed by atoms with Crippen LogP contribution >= 0.6 is 11.8 Å². The lowest BCUT2D eigenvalue weighted by Crippen LogP contribution is -2.01. The van der Waals surface area contributed by atoms with Gasteiger partial charge in [0.1, 0.15) is 0 Å². The first kappa shape index (κ1) is 13.7. The van der Waals surface area contributed by atoms with Crippen molar-refractivity contribution >= 4 is 28.9 Å². The van der Waals surface area contributed by atoms with Gasteiger partial charge >= 0.3 is 0 Å². The lowest BCUT2D eigenvalue weighted by molar-refractivity contribution is -0.113. The smallest absolute Gasteiger partial charge is 0.286 e. The average Bonchev–Trinajstić information content (AvgIpc) is 2.91. The lowest BCUT2D eigenvalue weighted by Gasteiger charge is -2.09. The fourth-order valence-electron chi connectivity index (χ4n) is 2.47. The van der Waals surface area contributed by atoms with E-state index in [0.717, 1.165) is 22.6 Å². The third-order valence-electron chi connectivity index (χ3n) is 3.41. The quantitative estimate of drug-likeness (QED) is 0.867. The summed E-state index contributed by atoms with van der Waals surface area (Å²) in [7, 11) is 0. The van der Waals surface area contributed by atoms with E-state index in [-0.39, 0.29) is 5.91 Å². The van der Waals surface area contributed by atoms with Gasteiger partial charge in [0.05, 0.1) is 4.91 Å². The molecule has 5 heteroatoms. The summed E-state index contributed by atoms with van der Waals surface area (Å²) in [6, 6.07) is 12.2. The van der Waals surface area contributed by atoms with Crippen molar-refractivity contribution in [3.8, 4) is 5.69 Å². The predicted octanol–water partition coefficient (Wildman–Crippen LogP) is 3.02. The number of carbonyl (C=O) groups excluding carboxylic acids is 1. The van der Waals surface area contributed by atoms with Gasteiger partial charge in [0.2, 0.25) is 0 Å². The Bertz CT molecular complexity index is 772. The Hall–Kier alpha value is -2.27. The molecular weight excluding hydrogens is 282 g/mol. The molecule has 106 valence electrons. The molecule has 0 aliphatic carbocycles. The Morgan fingerprint density at radius 1 is 1.24 bits per heavy atom. The molecule has 0 saturated carbocycles. The number of aliphatic imine (C=N–C) groups is 1. The van der Waals surface area contributed by atoms with Gasteiger partial charge in [-0.2, -0.15) is 4.99 Å². The number of thioether (sulfide) groups is 1. The van der Waals surface area contributed by atoms with Gasteiger partial charge in [-0.3, -0.25) is 4.79 Å². The van der Waals surface area contributed by atoms with Crippen LogP contribution in [0, 0.1) is 13.8 Å². The van der Waals surface area contributed by atoms with Gasteiger partial charge in [-0.1, -0.05) is 18.2 Å². The van der Waals surface area contributed by atoms with Crippen molar-refractivity contribution < 1.29 is 4.79 Å². The van der Waals surface area contributed by atoms with E-state index in [1.54, 1.807) is 0 Å². The largest absolute Gasteiger partial charge is 0.378 e. The number of rotatable bonds is 2. The van der Waals surface area contributed by atoms with Crippen LogP contribution in [0.2, 0.25) is 0 Å². The summed E-state index contributed by atoms with van der Waals surface area (Å²) in [5.41, 5.74) is 9.91. The maximum absolute atomic E-state index is 11.7. The second-order valence-electron chi connectivity index (χ2n) is 4.86. The van der Waals surface area contributed by atoms with Crippen LogP contribution in [0.5, 0.6) is 0 Å². The first-order chi connectivity index (χ1) is 10.1. The molecule has 0 atom stereocenters. The number of aromatic nitrogens is 1. The number of benzene rings is 1. The van der Waals surface area contributed by atoms with Crippen LogP contribution in [-0.2, 0) is 4.79 Å². The topological polar surface area (TPSA) is 60.4 Å². The minimum atomic E-state index is -0.262. The molecule has 21 heavy (non-hydrogen) atoms. The summed E-state index contributed by atoms with van der Waals surface area (Å²) < 4.78 is 2.17. The summed E-state index contributed by atoms with van der Waals surface area (Å²) in [5.74, 6) is -0.262. The third-order valence-corrected chi connectivity index (χ3v) is 4.22. The Morgan fingerprint density at radius 2 is 1.95 bits per heavy atom. The first-order valence-electron chi connectivity index (χ1n) is 6.58. The molecule has 0 spiro atoms. The monoisotopic (exact) mass is 297 g/mol. The molecule has 2 N–H and O–H groups in total. The number of nitrogens with two attached hydrogens (primary N) is 1. The zero-order chi connectivity index (χ0) is 15.0. The molecule has 0 radical (unpaired) electrons. The highest BCUT2D eigenvalue weighted by Gasteiger charge is 2.20. The average molecular weight is 297 g/mol. The van der Waals surface area contributed by atoms with Gasteiger partial charge < -0.3 is 10.3 Å². The van der Waals surface area contributed by atoms with E-state index in [2.05, 4.69) is 34.7 Å². The molecular formula is C16H15N3OS. The van der Waals surface area contributed by atoms with E-state index in [1.165, 1.54) is 11.8 Å². The second-order valence-corrected chi connectivity index (χ2v) is 5.93. The van der Waals surface area contributed by atoms with Crippen molar-refractivity contribution in [3.05, 3.63) is 58.3 Å². The van der Waals surface area contributed by atoms with Gasteiger partial charge in [0, 0.05) is 17.1 Å². The molecule has 1 aromatic carbocycles.